The SMILES string of the molecule is O=C(Nc1ccc2n(c1=O)C[C@H]1C[C@@H]2CN(CC2CCCCC2)C1)c1ccccc1. The van der Waals surface area contributed by atoms with Gasteiger partial charge >= 0.3 is 0 Å². The summed E-state index contributed by atoms with van der Waals surface area (Å²) in [5.74, 6) is 1.57. The Bertz CT molecular complexity index is 962. The van der Waals surface area contributed by atoms with Crippen molar-refractivity contribution in [1.82, 2.24) is 9.47 Å². The largest absolute Gasteiger partial charge is 0.317 e. The zero-order valence-corrected chi connectivity index (χ0v) is 17.6. The number of nitrogens with one attached hydrogen (secondary N) is 1. The molecule has 5 rings (SSSR count). The van der Waals surface area contributed by atoms with Crippen molar-refractivity contribution in [3.63, 3.8) is 0 Å². The molecule has 0 radical (unpaired) electrons. The van der Waals surface area contributed by atoms with Crippen LogP contribution >= 0.6 is 0 Å². The highest BCUT2D eigenvalue weighted by Crippen LogP contribution is 2.36. The zero-order valence-electron chi connectivity index (χ0n) is 17.6. The van der Waals surface area contributed by atoms with E-state index in [9.17, 15) is 9.59 Å². The lowest BCUT2D eigenvalue weighted by molar-refractivity contribution is 0.0967. The van der Waals surface area contributed by atoms with Crippen molar-refractivity contribution in [3.05, 3.63) is 64.1 Å². The normalized spacial score (nSPS) is 24.3. The van der Waals surface area contributed by atoms with E-state index in [1.165, 1.54) is 45.1 Å². The Kier molecular flexibility index (Phi) is 5.47. The van der Waals surface area contributed by atoms with E-state index in [1.54, 1.807) is 18.2 Å². The Morgan fingerprint density at radius 3 is 2.57 bits per heavy atom. The van der Waals surface area contributed by atoms with Crippen molar-refractivity contribution in [2.75, 3.05) is 25.0 Å². The van der Waals surface area contributed by atoms with Crippen LogP contribution in [0.1, 0.15) is 60.5 Å². The van der Waals surface area contributed by atoms with Crippen LogP contribution in [0.25, 0.3) is 0 Å². The number of nitrogens with zero attached hydrogens (tertiary/aromatic N) is 2. The van der Waals surface area contributed by atoms with Crippen molar-refractivity contribution in [2.24, 2.45) is 11.8 Å². The van der Waals surface area contributed by atoms with Crippen LogP contribution < -0.4 is 10.9 Å². The minimum atomic E-state index is -0.233. The highest BCUT2D eigenvalue weighted by molar-refractivity contribution is 6.04. The average molecular weight is 406 g/mol. The fraction of sp³-hybridized carbons (Fsp3) is 0.520. The van der Waals surface area contributed by atoms with Gasteiger partial charge in [0.05, 0.1) is 0 Å². The third-order valence-electron chi connectivity index (χ3n) is 7.21. The molecule has 1 saturated carbocycles. The lowest BCUT2D eigenvalue weighted by Crippen LogP contribution is -2.48. The highest BCUT2D eigenvalue weighted by Gasteiger charge is 2.35. The molecule has 30 heavy (non-hydrogen) atoms. The first-order valence-corrected chi connectivity index (χ1v) is 11.5. The molecule has 1 aromatic heterocycles. The van der Waals surface area contributed by atoms with Crippen LogP contribution in [-0.4, -0.2) is 35.0 Å². The number of aromatic nitrogens is 1. The van der Waals surface area contributed by atoms with Crippen molar-refractivity contribution in [3.8, 4) is 0 Å². The molecule has 3 heterocycles. The van der Waals surface area contributed by atoms with E-state index >= 15 is 0 Å². The third kappa shape index (κ3) is 3.95. The molecule has 5 heteroatoms. The van der Waals surface area contributed by atoms with Gasteiger partial charge in [-0.3, -0.25) is 9.59 Å². The van der Waals surface area contributed by atoms with Gasteiger partial charge in [0.15, 0.2) is 0 Å². The van der Waals surface area contributed by atoms with Gasteiger partial charge in [-0.25, -0.2) is 0 Å². The Morgan fingerprint density at radius 2 is 1.77 bits per heavy atom. The quantitative estimate of drug-likeness (QED) is 0.833. The molecule has 1 amide bonds. The van der Waals surface area contributed by atoms with E-state index in [4.69, 9.17) is 0 Å². The van der Waals surface area contributed by atoms with Crippen molar-refractivity contribution < 1.29 is 4.79 Å². The molecule has 2 fully saturated rings. The second-order valence-corrected chi connectivity index (χ2v) is 9.43. The number of amides is 1. The number of carbonyl (C=O) groups excluding carboxylic acids is 1. The number of benzene rings is 1. The summed E-state index contributed by atoms with van der Waals surface area (Å²) in [6.45, 7) is 4.14. The molecular formula is C25H31N3O2. The number of fused-ring (bicyclic) bond motifs is 4. The van der Waals surface area contributed by atoms with Crippen LogP contribution in [0.3, 0.4) is 0 Å². The summed E-state index contributed by atoms with van der Waals surface area (Å²) >= 11 is 0. The molecule has 1 aromatic carbocycles. The number of carbonyl (C=O) groups is 1. The van der Waals surface area contributed by atoms with Crippen LogP contribution in [0.2, 0.25) is 0 Å². The minimum Gasteiger partial charge on any atom is -0.317 e. The maximum atomic E-state index is 13.1. The van der Waals surface area contributed by atoms with E-state index in [1.807, 2.05) is 22.8 Å². The molecule has 2 aromatic rings. The van der Waals surface area contributed by atoms with Crippen LogP contribution in [0.4, 0.5) is 5.69 Å². The summed E-state index contributed by atoms with van der Waals surface area (Å²) in [6.07, 6.45) is 8.12. The Morgan fingerprint density at radius 1 is 0.967 bits per heavy atom. The maximum absolute atomic E-state index is 13.1. The van der Waals surface area contributed by atoms with Gasteiger partial charge in [-0.2, -0.15) is 0 Å². The van der Waals surface area contributed by atoms with Crippen LogP contribution in [0.5, 0.6) is 0 Å². The number of hydrogen-bond acceptors (Lipinski definition) is 3. The number of pyridine rings is 1. The molecule has 2 bridgehead atoms. The molecule has 158 valence electrons. The summed E-state index contributed by atoms with van der Waals surface area (Å²) < 4.78 is 1.93. The van der Waals surface area contributed by atoms with Crippen LogP contribution in [-0.2, 0) is 6.54 Å². The first-order chi connectivity index (χ1) is 14.7. The van der Waals surface area contributed by atoms with E-state index in [-0.39, 0.29) is 11.5 Å². The first kappa shape index (κ1) is 19.6. The van der Waals surface area contributed by atoms with Gasteiger partial charge in [0.1, 0.15) is 5.69 Å². The summed E-state index contributed by atoms with van der Waals surface area (Å²) in [5, 5.41) is 2.82. The van der Waals surface area contributed by atoms with Gasteiger partial charge in [0, 0.05) is 43.4 Å². The van der Waals surface area contributed by atoms with Gasteiger partial charge in [-0.05, 0) is 55.4 Å². The number of likely N-dealkylation sites (tertiary alicyclic amines) is 1. The predicted octanol–water partition coefficient (Wildman–Crippen LogP) is 4.10. The molecule has 2 aliphatic heterocycles. The van der Waals surface area contributed by atoms with Crippen molar-refractivity contribution in [2.45, 2.75) is 51.0 Å². The summed E-state index contributed by atoms with van der Waals surface area (Å²) in [7, 11) is 0. The van der Waals surface area contributed by atoms with Crippen LogP contribution in [0.15, 0.2) is 47.3 Å². The zero-order chi connectivity index (χ0) is 20.5. The first-order valence-electron chi connectivity index (χ1n) is 11.5. The number of hydrogen-bond donors (Lipinski definition) is 1. The van der Waals surface area contributed by atoms with Gasteiger partial charge in [0.25, 0.3) is 11.5 Å². The fourth-order valence-corrected chi connectivity index (χ4v) is 5.81. The van der Waals surface area contributed by atoms with Crippen molar-refractivity contribution in [1.29, 1.82) is 0 Å². The lowest BCUT2D eigenvalue weighted by atomic mass is 9.81. The molecule has 2 atom stereocenters. The molecule has 0 unspecified atom stereocenters. The molecule has 5 nitrogen and oxygen atoms in total. The molecule has 3 aliphatic rings. The minimum absolute atomic E-state index is 0.0628. The second kappa shape index (κ2) is 8.38. The Labute approximate surface area is 178 Å². The number of piperidine rings is 1. The number of anilines is 1. The van der Waals surface area contributed by atoms with E-state index in [2.05, 4.69) is 16.3 Å². The smallest absolute Gasteiger partial charge is 0.274 e. The van der Waals surface area contributed by atoms with Gasteiger partial charge in [0.2, 0.25) is 0 Å². The van der Waals surface area contributed by atoms with E-state index in [0.717, 1.165) is 31.2 Å². The van der Waals surface area contributed by atoms with Gasteiger partial charge < -0.3 is 14.8 Å². The Hall–Kier alpha value is -2.40. The summed E-state index contributed by atoms with van der Waals surface area (Å²) in [4.78, 5) is 28.3. The Balaban J connectivity index is 1.32. The maximum Gasteiger partial charge on any atom is 0.274 e. The van der Waals surface area contributed by atoms with E-state index < -0.39 is 0 Å². The molecule has 1 aliphatic carbocycles. The van der Waals surface area contributed by atoms with Crippen LogP contribution in [0, 0.1) is 11.8 Å². The summed E-state index contributed by atoms with van der Waals surface area (Å²) in [6, 6.07) is 12.9. The van der Waals surface area contributed by atoms with E-state index in [0.29, 0.717) is 23.1 Å². The standard InChI is InChI=1S/C25H31N3O2/c29-24(20-9-5-2-6-10-20)26-22-11-12-23-21-13-19(16-28(23)25(22)30)15-27(17-21)14-18-7-3-1-4-8-18/h2,5-6,9-12,18-19,21H,1,3-4,7-8,13-17H2,(H,26,29)/t19-,21+/m0/s1. The second-order valence-electron chi connectivity index (χ2n) is 9.43. The van der Waals surface area contributed by atoms with Gasteiger partial charge in [-0.15, -0.1) is 0 Å². The lowest BCUT2D eigenvalue weighted by Gasteiger charge is -2.44. The number of rotatable bonds is 4. The molecular weight excluding hydrogens is 374 g/mol. The topological polar surface area (TPSA) is 54.3 Å². The van der Waals surface area contributed by atoms with Crippen molar-refractivity contribution >= 4 is 11.6 Å². The monoisotopic (exact) mass is 405 g/mol. The average Bonchev–Trinajstić information content (AvgIpc) is 2.77. The highest BCUT2D eigenvalue weighted by atomic mass is 16.2. The molecule has 1 N–H and O–H groups in total. The molecule has 0 spiro atoms. The molecule has 1 saturated heterocycles. The predicted molar refractivity (Wildman–Crippen MR) is 119 cm³/mol. The fourth-order valence-electron chi connectivity index (χ4n) is 5.81. The summed E-state index contributed by atoms with van der Waals surface area (Å²) in [5.41, 5.74) is 2.02. The van der Waals surface area contributed by atoms with Gasteiger partial charge in [-0.1, -0.05) is 37.5 Å². The third-order valence-corrected chi connectivity index (χ3v) is 7.21.